The Morgan fingerprint density at radius 3 is 2.63 bits per heavy atom. The number of methoxy groups -OCH3 is 1. The van der Waals surface area contributed by atoms with Gasteiger partial charge in [-0.05, 0) is 48.0 Å². The SMILES string of the molecule is CCCCNC(=S)NC[C@H](c1ccc(OC)cc1)c1c[nH]c2ccccc12. The number of rotatable bonds is 8. The number of nitrogens with one attached hydrogen (secondary N) is 3. The van der Waals surface area contributed by atoms with Gasteiger partial charge in [-0.25, -0.2) is 0 Å². The molecule has 0 aliphatic rings. The van der Waals surface area contributed by atoms with Gasteiger partial charge >= 0.3 is 0 Å². The second-order valence-corrected chi connectivity index (χ2v) is 7.01. The molecule has 0 aliphatic heterocycles. The van der Waals surface area contributed by atoms with Crippen LogP contribution in [0.3, 0.4) is 0 Å². The number of hydrogen-bond acceptors (Lipinski definition) is 2. The Kier molecular flexibility index (Phi) is 6.71. The van der Waals surface area contributed by atoms with Crippen molar-refractivity contribution in [1.29, 1.82) is 0 Å². The molecule has 3 aromatic rings. The lowest BCUT2D eigenvalue weighted by Crippen LogP contribution is -2.38. The molecule has 0 radical (unpaired) electrons. The number of para-hydroxylation sites is 1. The van der Waals surface area contributed by atoms with Gasteiger partial charge in [0.05, 0.1) is 7.11 Å². The summed E-state index contributed by atoms with van der Waals surface area (Å²) in [5.74, 6) is 1.04. The highest BCUT2D eigenvalue weighted by molar-refractivity contribution is 7.80. The van der Waals surface area contributed by atoms with Crippen LogP contribution in [-0.2, 0) is 0 Å². The number of unbranched alkanes of at least 4 members (excludes halogenated alkanes) is 1. The van der Waals surface area contributed by atoms with E-state index in [1.54, 1.807) is 7.11 Å². The summed E-state index contributed by atoms with van der Waals surface area (Å²) in [5, 5.41) is 8.63. The lowest BCUT2D eigenvalue weighted by molar-refractivity contribution is 0.414. The zero-order chi connectivity index (χ0) is 19.1. The number of aromatic nitrogens is 1. The molecule has 0 bridgehead atoms. The summed E-state index contributed by atoms with van der Waals surface area (Å²) in [5.41, 5.74) is 3.64. The Hall–Kier alpha value is -2.53. The van der Waals surface area contributed by atoms with Crippen LogP contribution in [0, 0.1) is 0 Å². The van der Waals surface area contributed by atoms with Crippen molar-refractivity contribution in [3.05, 3.63) is 65.9 Å². The van der Waals surface area contributed by atoms with Crippen LogP contribution in [0.1, 0.15) is 36.8 Å². The summed E-state index contributed by atoms with van der Waals surface area (Å²) in [6.45, 7) is 3.81. The van der Waals surface area contributed by atoms with Crippen molar-refractivity contribution >= 4 is 28.2 Å². The number of hydrogen-bond donors (Lipinski definition) is 3. The molecular weight excluding hydrogens is 354 g/mol. The molecule has 27 heavy (non-hydrogen) atoms. The zero-order valence-electron chi connectivity index (χ0n) is 15.9. The monoisotopic (exact) mass is 381 g/mol. The number of H-pyrrole nitrogens is 1. The largest absolute Gasteiger partial charge is 0.497 e. The van der Waals surface area contributed by atoms with Gasteiger partial charge < -0.3 is 20.4 Å². The van der Waals surface area contributed by atoms with Gasteiger partial charge in [0, 0.05) is 36.1 Å². The normalized spacial score (nSPS) is 11.9. The number of aromatic amines is 1. The number of thiocarbonyl (C=S) groups is 1. The summed E-state index contributed by atoms with van der Waals surface area (Å²) in [4.78, 5) is 3.39. The van der Waals surface area contributed by atoms with Crippen molar-refractivity contribution in [2.75, 3.05) is 20.2 Å². The third kappa shape index (κ3) is 4.80. The Balaban J connectivity index is 1.83. The molecule has 0 saturated heterocycles. The van der Waals surface area contributed by atoms with Gasteiger partial charge in [-0.3, -0.25) is 0 Å². The minimum atomic E-state index is 0.179. The molecule has 3 N–H and O–H groups in total. The standard InChI is InChI=1S/C22H27N3OS/c1-3-4-13-23-22(27)25-14-19(16-9-11-17(26-2)12-10-16)20-15-24-21-8-6-5-7-18(20)21/h5-12,15,19,24H,3-4,13-14H2,1-2H3,(H2,23,25,27)/t19-/m1/s1. The molecular formula is C22H27N3OS. The van der Waals surface area contributed by atoms with Gasteiger partial charge in [-0.2, -0.15) is 0 Å². The van der Waals surface area contributed by atoms with Crippen LogP contribution in [0.4, 0.5) is 0 Å². The average molecular weight is 382 g/mol. The van der Waals surface area contributed by atoms with E-state index in [9.17, 15) is 0 Å². The van der Waals surface area contributed by atoms with Crippen LogP contribution in [0.25, 0.3) is 10.9 Å². The number of ether oxygens (including phenoxy) is 1. The lowest BCUT2D eigenvalue weighted by atomic mass is 9.91. The quantitative estimate of drug-likeness (QED) is 0.395. The first-order valence-corrected chi connectivity index (χ1v) is 9.85. The lowest BCUT2D eigenvalue weighted by Gasteiger charge is -2.20. The highest BCUT2D eigenvalue weighted by Gasteiger charge is 2.18. The van der Waals surface area contributed by atoms with E-state index in [-0.39, 0.29) is 5.92 Å². The van der Waals surface area contributed by atoms with E-state index in [2.05, 4.69) is 65.1 Å². The average Bonchev–Trinajstić information content (AvgIpc) is 3.13. The van der Waals surface area contributed by atoms with Gasteiger partial charge in [0.15, 0.2) is 5.11 Å². The van der Waals surface area contributed by atoms with E-state index >= 15 is 0 Å². The molecule has 5 heteroatoms. The van der Waals surface area contributed by atoms with Crippen LogP contribution in [-0.4, -0.2) is 30.3 Å². The molecule has 1 heterocycles. The Morgan fingerprint density at radius 1 is 1.11 bits per heavy atom. The Labute approximate surface area is 166 Å². The maximum atomic E-state index is 5.45. The molecule has 4 nitrogen and oxygen atoms in total. The first kappa shape index (κ1) is 19.2. The fourth-order valence-corrected chi connectivity index (χ4v) is 3.45. The third-order valence-electron chi connectivity index (χ3n) is 4.80. The van der Waals surface area contributed by atoms with Gasteiger partial charge in [0.25, 0.3) is 0 Å². The molecule has 0 aliphatic carbocycles. The molecule has 0 amide bonds. The van der Waals surface area contributed by atoms with Crippen molar-refractivity contribution in [3.8, 4) is 5.75 Å². The summed E-state index contributed by atoms with van der Waals surface area (Å²) in [7, 11) is 1.69. The summed E-state index contributed by atoms with van der Waals surface area (Å²) in [6, 6.07) is 16.7. The Bertz CT molecular complexity index is 873. The second-order valence-electron chi connectivity index (χ2n) is 6.61. The molecule has 1 aromatic heterocycles. The minimum Gasteiger partial charge on any atom is -0.497 e. The highest BCUT2D eigenvalue weighted by Crippen LogP contribution is 2.31. The maximum absolute atomic E-state index is 5.45. The van der Waals surface area contributed by atoms with Gasteiger partial charge in [0.1, 0.15) is 5.75 Å². The van der Waals surface area contributed by atoms with Crippen LogP contribution in [0.5, 0.6) is 5.75 Å². The maximum Gasteiger partial charge on any atom is 0.166 e. The van der Waals surface area contributed by atoms with Crippen molar-refractivity contribution in [2.24, 2.45) is 0 Å². The molecule has 0 spiro atoms. The van der Waals surface area contributed by atoms with E-state index in [1.807, 2.05) is 12.1 Å². The molecule has 142 valence electrons. The Morgan fingerprint density at radius 2 is 1.89 bits per heavy atom. The molecule has 3 rings (SSSR count). The highest BCUT2D eigenvalue weighted by atomic mass is 32.1. The second kappa shape index (κ2) is 9.42. The fourth-order valence-electron chi connectivity index (χ4n) is 3.26. The first-order valence-electron chi connectivity index (χ1n) is 9.44. The molecule has 0 saturated carbocycles. The molecule has 0 unspecified atom stereocenters. The van der Waals surface area contributed by atoms with Gasteiger partial charge in [-0.15, -0.1) is 0 Å². The summed E-state index contributed by atoms with van der Waals surface area (Å²) < 4.78 is 5.31. The van der Waals surface area contributed by atoms with Crippen molar-refractivity contribution < 1.29 is 4.74 Å². The van der Waals surface area contributed by atoms with Crippen molar-refractivity contribution in [2.45, 2.75) is 25.7 Å². The molecule has 2 aromatic carbocycles. The summed E-state index contributed by atoms with van der Waals surface area (Å²) >= 11 is 5.45. The van der Waals surface area contributed by atoms with Gasteiger partial charge in [0.2, 0.25) is 0 Å². The summed E-state index contributed by atoms with van der Waals surface area (Å²) in [6.07, 6.45) is 4.38. The third-order valence-corrected chi connectivity index (χ3v) is 5.09. The zero-order valence-corrected chi connectivity index (χ0v) is 16.7. The predicted molar refractivity (Wildman–Crippen MR) is 117 cm³/mol. The van der Waals surface area contributed by atoms with E-state index in [1.165, 1.54) is 16.5 Å². The van der Waals surface area contributed by atoms with E-state index in [0.717, 1.165) is 37.2 Å². The first-order chi connectivity index (χ1) is 13.2. The van der Waals surface area contributed by atoms with Crippen LogP contribution in [0.2, 0.25) is 0 Å². The van der Waals surface area contributed by atoms with Crippen LogP contribution < -0.4 is 15.4 Å². The smallest absolute Gasteiger partial charge is 0.166 e. The number of fused-ring (bicyclic) bond motifs is 1. The van der Waals surface area contributed by atoms with Gasteiger partial charge in [-0.1, -0.05) is 43.7 Å². The van der Waals surface area contributed by atoms with E-state index < -0.39 is 0 Å². The fraction of sp³-hybridized carbons (Fsp3) is 0.318. The van der Waals surface area contributed by atoms with Crippen molar-refractivity contribution in [1.82, 2.24) is 15.6 Å². The van der Waals surface area contributed by atoms with E-state index in [4.69, 9.17) is 17.0 Å². The number of benzene rings is 2. The van der Waals surface area contributed by atoms with Crippen molar-refractivity contribution in [3.63, 3.8) is 0 Å². The van der Waals surface area contributed by atoms with Crippen LogP contribution in [0.15, 0.2) is 54.7 Å². The van der Waals surface area contributed by atoms with E-state index in [0.29, 0.717) is 5.11 Å². The molecule has 0 fully saturated rings. The minimum absolute atomic E-state index is 0.179. The van der Waals surface area contributed by atoms with Crippen LogP contribution >= 0.6 is 12.2 Å². The molecule has 1 atom stereocenters. The predicted octanol–water partition coefficient (Wildman–Crippen LogP) is 4.57. The topological polar surface area (TPSA) is 49.1 Å².